The van der Waals surface area contributed by atoms with Crippen LogP contribution in [0.3, 0.4) is 0 Å². The summed E-state index contributed by atoms with van der Waals surface area (Å²) in [4.78, 5) is 27.6. The molecule has 4 rings (SSSR count). The number of rotatable bonds is 7. The van der Waals surface area contributed by atoms with Gasteiger partial charge in [-0.1, -0.05) is 42.1 Å². The molecule has 0 radical (unpaired) electrons. The average Bonchev–Trinajstić information content (AvgIpc) is 2.72. The molecule has 0 aliphatic heterocycles. The number of hydrogen-bond acceptors (Lipinski definition) is 6. The Morgan fingerprint density at radius 2 is 1.77 bits per heavy atom. The highest BCUT2D eigenvalue weighted by Crippen LogP contribution is 2.41. The largest absolute Gasteiger partial charge is 0.465 e. The first-order valence-corrected chi connectivity index (χ1v) is 10.5. The molecule has 8 nitrogen and oxygen atoms in total. The Bertz CT molecular complexity index is 1100. The van der Waals surface area contributed by atoms with Crippen LogP contribution in [0.5, 0.6) is 0 Å². The van der Waals surface area contributed by atoms with Crippen LogP contribution in [0.15, 0.2) is 76.7 Å². The number of nitro groups is 1. The second kappa shape index (κ2) is 8.65. The lowest BCUT2D eigenvalue weighted by atomic mass is 9.72. The molecule has 1 aliphatic carbocycles. The number of hydrogen-bond donors (Lipinski definition) is 3. The molecule has 31 heavy (non-hydrogen) atoms. The van der Waals surface area contributed by atoms with Crippen LogP contribution >= 0.6 is 11.8 Å². The molecule has 2 aromatic carbocycles. The van der Waals surface area contributed by atoms with Crippen molar-refractivity contribution in [2.45, 2.75) is 34.7 Å². The number of aromatic nitrogens is 1. The lowest BCUT2D eigenvalue weighted by Gasteiger charge is -2.42. The van der Waals surface area contributed by atoms with Crippen LogP contribution in [0.25, 0.3) is 0 Å². The van der Waals surface area contributed by atoms with Gasteiger partial charge in [0, 0.05) is 16.6 Å². The number of carbonyl (C=O) groups is 1. The first-order valence-electron chi connectivity index (χ1n) is 9.72. The van der Waals surface area contributed by atoms with Crippen molar-refractivity contribution in [3.63, 3.8) is 0 Å². The Morgan fingerprint density at radius 1 is 1.06 bits per heavy atom. The van der Waals surface area contributed by atoms with Crippen LogP contribution < -0.4 is 10.6 Å². The number of amides is 1. The van der Waals surface area contributed by atoms with Crippen molar-refractivity contribution in [2.24, 2.45) is 0 Å². The molecule has 1 heterocycles. The molecular formula is C22H20N4O4S. The van der Waals surface area contributed by atoms with Gasteiger partial charge in [-0.2, -0.15) is 0 Å². The van der Waals surface area contributed by atoms with Crippen LogP contribution in [0.2, 0.25) is 0 Å². The van der Waals surface area contributed by atoms with Crippen LogP contribution in [0.4, 0.5) is 22.0 Å². The first-order chi connectivity index (χ1) is 14.9. The smallest absolute Gasteiger partial charge is 0.405 e. The monoisotopic (exact) mass is 436 g/mol. The van der Waals surface area contributed by atoms with E-state index in [1.807, 2.05) is 42.5 Å². The highest BCUT2D eigenvalue weighted by Gasteiger charge is 2.40. The van der Waals surface area contributed by atoms with E-state index in [0.29, 0.717) is 10.7 Å². The molecule has 0 atom stereocenters. The predicted molar refractivity (Wildman–Crippen MR) is 118 cm³/mol. The fourth-order valence-electron chi connectivity index (χ4n) is 3.57. The summed E-state index contributed by atoms with van der Waals surface area (Å²) in [6.45, 7) is 0. The van der Waals surface area contributed by atoms with E-state index in [0.717, 1.165) is 29.7 Å². The molecule has 9 heteroatoms. The van der Waals surface area contributed by atoms with Crippen molar-refractivity contribution in [1.82, 2.24) is 10.3 Å². The Balaban J connectivity index is 1.57. The van der Waals surface area contributed by atoms with Gasteiger partial charge in [0.2, 0.25) is 5.82 Å². The molecule has 1 fully saturated rings. The third-order valence-electron chi connectivity index (χ3n) is 5.26. The quantitative estimate of drug-likeness (QED) is 0.329. The fraction of sp³-hybridized carbons (Fsp3) is 0.182. The molecule has 1 saturated carbocycles. The van der Waals surface area contributed by atoms with Crippen molar-refractivity contribution < 1.29 is 14.8 Å². The van der Waals surface area contributed by atoms with E-state index >= 15 is 0 Å². The maximum absolute atomic E-state index is 11.5. The van der Waals surface area contributed by atoms with Crippen LogP contribution in [0, 0.1) is 10.1 Å². The van der Waals surface area contributed by atoms with Gasteiger partial charge in [-0.3, -0.25) is 10.1 Å². The van der Waals surface area contributed by atoms with Gasteiger partial charge in [0.15, 0.2) is 0 Å². The molecule has 1 amide bonds. The zero-order valence-corrected chi connectivity index (χ0v) is 17.3. The third kappa shape index (κ3) is 4.61. The lowest BCUT2D eigenvalue weighted by Crippen LogP contribution is -2.50. The standard InChI is InChI=1S/C22H20N4O4S/c27-21(28)25-22(13-4-14-22)15-7-9-16(10-8-15)23-20-18(26(29)30)11-12-19(24-20)31-17-5-2-1-3-6-17/h1-3,5-12,25H,4,13-14H2,(H,23,24)(H,27,28). The van der Waals surface area contributed by atoms with Gasteiger partial charge in [-0.15, -0.1) is 0 Å². The molecule has 0 bridgehead atoms. The van der Waals surface area contributed by atoms with E-state index in [1.165, 1.54) is 17.8 Å². The number of nitrogens with one attached hydrogen (secondary N) is 2. The Kier molecular flexibility index (Phi) is 5.77. The highest BCUT2D eigenvalue weighted by atomic mass is 32.2. The third-order valence-corrected chi connectivity index (χ3v) is 6.21. The summed E-state index contributed by atoms with van der Waals surface area (Å²) in [6.07, 6.45) is 1.41. The van der Waals surface area contributed by atoms with Crippen LogP contribution in [-0.4, -0.2) is 21.1 Å². The summed E-state index contributed by atoms with van der Waals surface area (Å²) in [5.74, 6) is 0.153. The minimum Gasteiger partial charge on any atom is -0.465 e. The zero-order chi connectivity index (χ0) is 21.8. The predicted octanol–water partition coefficient (Wildman–Crippen LogP) is 5.53. The Labute approximate surface area is 182 Å². The minimum atomic E-state index is -1.05. The van der Waals surface area contributed by atoms with E-state index in [1.54, 1.807) is 18.2 Å². The molecule has 3 N–H and O–H groups in total. The summed E-state index contributed by atoms with van der Waals surface area (Å²) < 4.78 is 0. The van der Waals surface area contributed by atoms with Gasteiger partial charge in [0.05, 0.1) is 10.5 Å². The van der Waals surface area contributed by atoms with Gasteiger partial charge in [0.25, 0.3) is 0 Å². The van der Waals surface area contributed by atoms with Crippen LogP contribution in [-0.2, 0) is 5.54 Å². The summed E-state index contributed by atoms with van der Waals surface area (Å²) in [5, 5.41) is 26.9. The number of nitrogens with zero attached hydrogens (tertiary/aromatic N) is 2. The van der Waals surface area contributed by atoms with Gasteiger partial charge in [0.1, 0.15) is 5.03 Å². The molecule has 0 unspecified atom stereocenters. The molecule has 0 saturated heterocycles. The molecule has 0 spiro atoms. The normalized spacial score (nSPS) is 14.3. The van der Waals surface area contributed by atoms with E-state index in [4.69, 9.17) is 5.11 Å². The van der Waals surface area contributed by atoms with Gasteiger partial charge < -0.3 is 15.7 Å². The minimum absolute atomic E-state index is 0.121. The van der Waals surface area contributed by atoms with Gasteiger partial charge >= 0.3 is 11.8 Å². The van der Waals surface area contributed by atoms with Crippen molar-refractivity contribution in [1.29, 1.82) is 0 Å². The average molecular weight is 436 g/mol. The lowest BCUT2D eigenvalue weighted by molar-refractivity contribution is -0.384. The van der Waals surface area contributed by atoms with Crippen molar-refractivity contribution in [2.75, 3.05) is 5.32 Å². The van der Waals surface area contributed by atoms with Gasteiger partial charge in [-0.25, -0.2) is 9.78 Å². The summed E-state index contributed by atoms with van der Waals surface area (Å²) in [5.41, 5.74) is 0.832. The molecule has 1 aliphatic rings. The van der Waals surface area contributed by atoms with Crippen molar-refractivity contribution in [3.05, 3.63) is 82.4 Å². The van der Waals surface area contributed by atoms with E-state index in [-0.39, 0.29) is 11.5 Å². The zero-order valence-electron chi connectivity index (χ0n) is 16.4. The second-order valence-corrected chi connectivity index (χ2v) is 8.35. The topological polar surface area (TPSA) is 117 Å². The number of anilines is 2. The first kappa shape index (κ1) is 20.7. The molecular weight excluding hydrogens is 416 g/mol. The van der Waals surface area contributed by atoms with E-state index < -0.39 is 16.6 Å². The summed E-state index contributed by atoms with van der Waals surface area (Å²) >= 11 is 1.42. The van der Waals surface area contributed by atoms with E-state index in [2.05, 4.69) is 15.6 Å². The van der Waals surface area contributed by atoms with Crippen LogP contribution in [0.1, 0.15) is 24.8 Å². The van der Waals surface area contributed by atoms with Crippen molar-refractivity contribution in [3.8, 4) is 0 Å². The highest BCUT2D eigenvalue weighted by molar-refractivity contribution is 7.99. The second-order valence-electron chi connectivity index (χ2n) is 7.26. The molecule has 3 aromatic rings. The Morgan fingerprint density at radius 3 is 2.35 bits per heavy atom. The summed E-state index contributed by atoms with van der Waals surface area (Å²) in [7, 11) is 0. The SMILES string of the molecule is O=C(O)NC1(c2ccc(Nc3nc(Sc4ccccc4)ccc3[N+](=O)[O-])cc2)CCC1. The number of pyridine rings is 1. The summed E-state index contributed by atoms with van der Waals surface area (Å²) in [6, 6.07) is 20.0. The Hall–Kier alpha value is -3.59. The fourth-order valence-corrected chi connectivity index (χ4v) is 4.38. The molecule has 158 valence electrons. The van der Waals surface area contributed by atoms with Gasteiger partial charge in [-0.05, 0) is 55.2 Å². The van der Waals surface area contributed by atoms with E-state index in [9.17, 15) is 14.9 Å². The maximum Gasteiger partial charge on any atom is 0.405 e. The number of benzene rings is 2. The van der Waals surface area contributed by atoms with Crippen molar-refractivity contribution >= 4 is 35.0 Å². The number of carboxylic acid groups (broad SMARTS) is 1. The maximum atomic E-state index is 11.5. The molecule has 1 aromatic heterocycles.